The Morgan fingerprint density at radius 3 is 2.17 bits per heavy atom. The number of amides is 3. The van der Waals surface area contributed by atoms with Gasteiger partial charge in [-0.2, -0.15) is 13.2 Å². The molecule has 1 saturated carbocycles. The molecule has 0 aromatic heterocycles. The van der Waals surface area contributed by atoms with Gasteiger partial charge in [-0.1, -0.05) is 26.2 Å². The summed E-state index contributed by atoms with van der Waals surface area (Å²) in [5.41, 5.74) is -0.755. The molecule has 3 rings (SSSR count). The molecule has 0 spiro atoms. The van der Waals surface area contributed by atoms with Gasteiger partial charge in [-0.05, 0) is 61.7 Å². The first kappa shape index (κ1) is 31.9. The van der Waals surface area contributed by atoms with Gasteiger partial charge in [-0.15, -0.1) is 0 Å². The van der Waals surface area contributed by atoms with E-state index in [9.17, 15) is 36.0 Å². The van der Waals surface area contributed by atoms with Crippen molar-refractivity contribution in [1.82, 2.24) is 16.0 Å². The zero-order valence-electron chi connectivity index (χ0n) is 22.5. The summed E-state index contributed by atoms with van der Waals surface area (Å²) in [6, 6.07) is 7.09. The maximum atomic E-state index is 13.3. The number of anilines is 1. The molecule has 1 aliphatic carbocycles. The summed E-state index contributed by atoms with van der Waals surface area (Å²) in [5, 5.41) is 16.1. The number of nitrogens with one attached hydrogen (secondary N) is 4. The molecule has 0 bridgehead atoms. The Morgan fingerprint density at radius 2 is 1.59 bits per heavy atom. The van der Waals surface area contributed by atoms with E-state index in [0.717, 1.165) is 37.8 Å². The molecule has 0 saturated heterocycles. The Morgan fingerprint density at radius 1 is 0.951 bits per heavy atom. The summed E-state index contributed by atoms with van der Waals surface area (Å²) in [5.74, 6) is -1.85. The smallest absolute Gasteiger partial charge is 0.384 e. The van der Waals surface area contributed by atoms with Crippen molar-refractivity contribution in [3.63, 3.8) is 0 Å². The topological polar surface area (TPSA) is 159 Å². The van der Waals surface area contributed by atoms with Crippen molar-refractivity contribution in [3.05, 3.63) is 59.2 Å². The van der Waals surface area contributed by atoms with Crippen LogP contribution < -0.4 is 26.4 Å². The Balaban J connectivity index is 1.62. The van der Waals surface area contributed by atoms with Crippen LogP contribution in [0.5, 0.6) is 0 Å². The molecule has 10 nitrogen and oxygen atoms in total. The van der Waals surface area contributed by atoms with Gasteiger partial charge >= 0.3 is 6.18 Å². The monoisotopic (exact) mass is 597 g/mol. The summed E-state index contributed by atoms with van der Waals surface area (Å²) in [4.78, 5) is 38.1. The van der Waals surface area contributed by atoms with Gasteiger partial charge in [0.15, 0.2) is 0 Å². The second-order valence-electron chi connectivity index (χ2n) is 9.83. The van der Waals surface area contributed by atoms with Crippen LogP contribution in [0.25, 0.3) is 0 Å². The predicted molar refractivity (Wildman–Crippen MR) is 147 cm³/mol. The normalized spacial score (nSPS) is 17.4. The van der Waals surface area contributed by atoms with Gasteiger partial charge in [-0.3, -0.25) is 14.4 Å². The lowest BCUT2D eigenvalue weighted by Gasteiger charge is -2.33. The number of hydrogen-bond donors (Lipinski definition) is 5. The number of carbonyl (C=O) groups excluding carboxylic acids is 3. The van der Waals surface area contributed by atoms with E-state index >= 15 is 0 Å². The van der Waals surface area contributed by atoms with Gasteiger partial charge in [0, 0.05) is 29.9 Å². The van der Waals surface area contributed by atoms with Crippen LogP contribution in [0.4, 0.5) is 18.9 Å². The fourth-order valence-electron chi connectivity index (χ4n) is 4.50. The summed E-state index contributed by atoms with van der Waals surface area (Å²) in [6.45, 7) is 1.94. The van der Waals surface area contributed by atoms with Crippen LogP contribution in [-0.2, 0) is 21.0 Å². The predicted octanol–water partition coefficient (Wildman–Crippen LogP) is 3.15. The average molecular weight is 598 g/mol. The zero-order valence-corrected chi connectivity index (χ0v) is 23.3. The lowest BCUT2D eigenvalue weighted by atomic mass is 9.90. The highest BCUT2D eigenvalue weighted by Crippen LogP contribution is 2.32. The minimum atomic E-state index is -4.64. The molecule has 1 aliphatic rings. The van der Waals surface area contributed by atoms with Gasteiger partial charge < -0.3 is 21.3 Å². The molecule has 14 heteroatoms. The first-order valence-corrected chi connectivity index (χ1v) is 14.8. The SMILES string of the molecule is CCCCNc1ccc(C(F)(F)F)cc1C(=O)NCC(=O)N[C@@H]1CCCC[C@@H]1NC(=O)c1ccc(S(N)(=O)=O)cc1. The number of alkyl halides is 3. The van der Waals surface area contributed by atoms with Crippen LogP contribution in [0.2, 0.25) is 0 Å². The van der Waals surface area contributed by atoms with Crippen molar-refractivity contribution in [1.29, 1.82) is 0 Å². The van der Waals surface area contributed by atoms with Gasteiger partial charge in [0.1, 0.15) is 0 Å². The van der Waals surface area contributed by atoms with E-state index in [1.54, 1.807) is 0 Å². The first-order chi connectivity index (χ1) is 19.3. The third kappa shape index (κ3) is 9.18. The quantitative estimate of drug-likeness (QED) is 0.250. The molecule has 3 amide bonds. The van der Waals surface area contributed by atoms with E-state index in [-0.39, 0.29) is 21.7 Å². The van der Waals surface area contributed by atoms with Gasteiger partial charge in [0.25, 0.3) is 11.8 Å². The Kier molecular flexibility index (Phi) is 10.7. The number of nitrogens with two attached hydrogens (primary N) is 1. The molecule has 0 heterocycles. The highest BCUT2D eigenvalue weighted by Gasteiger charge is 2.32. The highest BCUT2D eigenvalue weighted by molar-refractivity contribution is 7.89. The standard InChI is InChI=1S/C27H34F3N5O5S/c1-2-3-14-32-21-13-10-18(27(28,29)30)15-20(21)26(38)33-16-24(36)34-22-6-4-5-7-23(22)35-25(37)17-8-11-19(12-9-17)41(31,39)40/h8-13,15,22-23,32H,2-7,14,16H2,1H3,(H,33,38)(H,34,36)(H,35,37)(H2,31,39,40)/t22-,23+/m1/s1. The molecule has 2 aromatic rings. The van der Waals surface area contributed by atoms with E-state index in [2.05, 4.69) is 21.3 Å². The molecule has 224 valence electrons. The molecule has 0 radical (unpaired) electrons. The number of unbranched alkanes of at least 4 members (excludes halogenated alkanes) is 1. The molecule has 41 heavy (non-hydrogen) atoms. The number of benzene rings is 2. The summed E-state index contributed by atoms with van der Waals surface area (Å²) < 4.78 is 62.7. The molecule has 2 aromatic carbocycles. The van der Waals surface area contributed by atoms with Crippen molar-refractivity contribution in [2.45, 2.75) is 68.6 Å². The number of halogens is 3. The molecule has 0 unspecified atom stereocenters. The van der Waals surface area contributed by atoms with Crippen LogP contribution in [0.15, 0.2) is 47.4 Å². The number of carbonyl (C=O) groups is 3. The fraction of sp³-hybridized carbons (Fsp3) is 0.444. The average Bonchev–Trinajstić information content (AvgIpc) is 2.92. The van der Waals surface area contributed by atoms with E-state index in [0.29, 0.717) is 19.4 Å². The van der Waals surface area contributed by atoms with Crippen molar-refractivity contribution in [2.24, 2.45) is 5.14 Å². The maximum Gasteiger partial charge on any atom is 0.416 e. The highest BCUT2D eigenvalue weighted by atomic mass is 32.2. The number of sulfonamides is 1. The Labute approximate surface area is 236 Å². The lowest BCUT2D eigenvalue weighted by molar-refractivity contribution is -0.137. The van der Waals surface area contributed by atoms with E-state index < -0.39 is 58.1 Å². The maximum absolute atomic E-state index is 13.3. The second kappa shape index (κ2) is 13.8. The van der Waals surface area contributed by atoms with E-state index in [1.807, 2.05) is 6.92 Å². The molecular weight excluding hydrogens is 563 g/mol. The lowest BCUT2D eigenvalue weighted by Crippen LogP contribution is -2.54. The van der Waals surface area contributed by atoms with Crippen LogP contribution in [0, 0.1) is 0 Å². The minimum Gasteiger partial charge on any atom is -0.384 e. The van der Waals surface area contributed by atoms with E-state index in [1.165, 1.54) is 30.3 Å². The molecule has 2 atom stereocenters. The summed E-state index contributed by atoms with van der Waals surface area (Å²) in [6.07, 6.45) is -0.290. The molecule has 6 N–H and O–H groups in total. The van der Waals surface area contributed by atoms with Crippen LogP contribution in [0.1, 0.15) is 71.7 Å². The summed E-state index contributed by atoms with van der Waals surface area (Å²) >= 11 is 0. The molecule has 1 fully saturated rings. The van der Waals surface area contributed by atoms with Crippen LogP contribution >= 0.6 is 0 Å². The second-order valence-corrected chi connectivity index (χ2v) is 11.4. The van der Waals surface area contributed by atoms with Gasteiger partial charge in [0.2, 0.25) is 15.9 Å². The third-order valence-electron chi connectivity index (χ3n) is 6.72. The molecular formula is C27H34F3N5O5S. The first-order valence-electron chi connectivity index (χ1n) is 13.3. The van der Waals surface area contributed by atoms with Crippen molar-refractivity contribution in [2.75, 3.05) is 18.4 Å². The fourth-order valence-corrected chi connectivity index (χ4v) is 5.02. The van der Waals surface area contributed by atoms with Gasteiger partial charge in [0.05, 0.1) is 22.6 Å². The summed E-state index contributed by atoms with van der Waals surface area (Å²) in [7, 11) is -3.90. The van der Waals surface area contributed by atoms with Crippen molar-refractivity contribution < 1.29 is 36.0 Å². The largest absolute Gasteiger partial charge is 0.416 e. The zero-order chi connectivity index (χ0) is 30.2. The number of primary sulfonamides is 1. The molecule has 0 aliphatic heterocycles. The van der Waals surface area contributed by atoms with Crippen molar-refractivity contribution >= 4 is 33.4 Å². The van der Waals surface area contributed by atoms with Crippen LogP contribution in [0.3, 0.4) is 0 Å². The Hall–Kier alpha value is -3.65. The Bertz CT molecular complexity index is 1350. The minimum absolute atomic E-state index is 0.132. The van der Waals surface area contributed by atoms with Crippen molar-refractivity contribution in [3.8, 4) is 0 Å². The third-order valence-corrected chi connectivity index (χ3v) is 7.65. The van der Waals surface area contributed by atoms with Crippen LogP contribution in [-0.4, -0.2) is 51.3 Å². The number of hydrogen-bond acceptors (Lipinski definition) is 6. The number of rotatable bonds is 11. The van der Waals surface area contributed by atoms with E-state index in [4.69, 9.17) is 5.14 Å². The van der Waals surface area contributed by atoms with Gasteiger partial charge in [-0.25, -0.2) is 13.6 Å².